The SMILES string of the molecule is CCOC(=O)C[C@H](c1ccc(C)c(COCc2ccc(OC)cc2)c1)c1ccc(NC)c(N)c1C.N. The molecule has 0 aliphatic heterocycles. The largest absolute Gasteiger partial charge is 0.497 e. The van der Waals surface area contributed by atoms with Crippen molar-refractivity contribution in [3.63, 3.8) is 0 Å². The summed E-state index contributed by atoms with van der Waals surface area (Å²) in [5, 5.41) is 3.12. The maximum absolute atomic E-state index is 12.5. The molecule has 0 aliphatic carbocycles. The minimum atomic E-state index is -0.231. The summed E-state index contributed by atoms with van der Waals surface area (Å²) in [6, 6.07) is 18.2. The van der Waals surface area contributed by atoms with E-state index in [-0.39, 0.29) is 24.5 Å². The van der Waals surface area contributed by atoms with E-state index in [1.807, 2.05) is 57.3 Å². The van der Waals surface area contributed by atoms with E-state index in [0.717, 1.165) is 44.8 Å². The maximum atomic E-state index is 12.5. The van der Waals surface area contributed by atoms with Gasteiger partial charge in [0.25, 0.3) is 0 Å². The molecular formula is C29H39N3O4. The Bertz CT molecular complexity index is 1150. The zero-order valence-electron chi connectivity index (χ0n) is 22.0. The fourth-order valence-corrected chi connectivity index (χ4v) is 4.20. The summed E-state index contributed by atoms with van der Waals surface area (Å²) in [6.45, 7) is 7.21. The monoisotopic (exact) mass is 493 g/mol. The standard InChI is InChI=1S/C29H36N2O4.H3N/c1-6-35-28(32)16-26(25-13-14-27(31-4)29(30)20(25)3)22-10-7-19(2)23(15-22)18-34-17-21-8-11-24(33-5)12-9-21;/h7-15,26,31H,6,16-18,30H2,1-5H3;1H3/t26-;/m1./s1. The number of carbonyl (C=O) groups excluding carboxylic acids is 1. The van der Waals surface area contributed by atoms with Crippen molar-refractivity contribution in [1.82, 2.24) is 6.15 Å². The topological polar surface area (TPSA) is 118 Å². The number of nitrogen functional groups attached to an aromatic ring is 1. The van der Waals surface area contributed by atoms with Gasteiger partial charge in [-0.05, 0) is 72.4 Å². The zero-order chi connectivity index (χ0) is 25.4. The van der Waals surface area contributed by atoms with Crippen LogP contribution in [0.1, 0.15) is 52.6 Å². The van der Waals surface area contributed by atoms with E-state index < -0.39 is 0 Å². The molecule has 0 radical (unpaired) electrons. The Morgan fingerprint density at radius 2 is 1.75 bits per heavy atom. The minimum Gasteiger partial charge on any atom is -0.497 e. The first kappa shape index (κ1) is 28.7. The number of hydrogen-bond acceptors (Lipinski definition) is 7. The van der Waals surface area contributed by atoms with Gasteiger partial charge in [-0.2, -0.15) is 0 Å². The molecule has 3 rings (SSSR count). The average Bonchev–Trinajstić information content (AvgIpc) is 2.86. The lowest BCUT2D eigenvalue weighted by Gasteiger charge is -2.23. The summed E-state index contributed by atoms with van der Waals surface area (Å²) < 4.78 is 16.5. The number of carbonyl (C=O) groups is 1. The van der Waals surface area contributed by atoms with Crippen LogP contribution in [0.4, 0.5) is 11.4 Å². The molecule has 0 bridgehead atoms. The van der Waals surface area contributed by atoms with E-state index in [0.29, 0.717) is 25.5 Å². The van der Waals surface area contributed by atoms with Crippen LogP contribution >= 0.6 is 0 Å². The highest BCUT2D eigenvalue weighted by Crippen LogP contribution is 2.36. The number of benzene rings is 3. The van der Waals surface area contributed by atoms with Crippen molar-refractivity contribution in [2.45, 2.75) is 46.3 Å². The molecular weight excluding hydrogens is 454 g/mol. The number of methoxy groups -OCH3 is 1. The van der Waals surface area contributed by atoms with E-state index in [4.69, 9.17) is 19.9 Å². The van der Waals surface area contributed by atoms with Crippen LogP contribution in [0.25, 0.3) is 0 Å². The molecule has 0 saturated heterocycles. The van der Waals surface area contributed by atoms with Crippen molar-refractivity contribution in [2.75, 3.05) is 31.8 Å². The second kappa shape index (κ2) is 13.5. The van der Waals surface area contributed by atoms with Crippen molar-refractivity contribution in [3.05, 3.63) is 88.0 Å². The molecule has 7 heteroatoms. The summed E-state index contributed by atoms with van der Waals surface area (Å²) in [7, 11) is 3.50. The van der Waals surface area contributed by atoms with Crippen LogP contribution in [-0.2, 0) is 27.5 Å². The molecule has 0 aromatic heterocycles. The van der Waals surface area contributed by atoms with Crippen molar-refractivity contribution >= 4 is 17.3 Å². The molecule has 0 amide bonds. The highest BCUT2D eigenvalue weighted by molar-refractivity contribution is 5.75. The molecule has 0 spiro atoms. The molecule has 7 nitrogen and oxygen atoms in total. The number of rotatable bonds is 11. The van der Waals surface area contributed by atoms with Crippen LogP contribution in [0.3, 0.4) is 0 Å². The number of nitrogens with one attached hydrogen (secondary N) is 1. The van der Waals surface area contributed by atoms with Crippen LogP contribution in [-0.4, -0.2) is 26.7 Å². The van der Waals surface area contributed by atoms with Gasteiger partial charge in [-0.15, -0.1) is 0 Å². The Morgan fingerprint density at radius 1 is 1.03 bits per heavy atom. The average molecular weight is 494 g/mol. The summed E-state index contributed by atoms with van der Waals surface area (Å²) in [5.41, 5.74) is 14.3. The number of aryl methyl sites for hydroxylation is 1. The number of nitrogens with two attached hydrogens (primary N) is 1. The predicted octanol–water partition coefficient (Wildman–Crippen LogP) is 5.90. The lowest BCUT2D eigenvalue weighted by atomic mass is 9.84. The van der Waals surface area contributed by atoms with E-state index in [9.17, 15) is 4.79 Å². The molecule has 0 aliphatic rings. The van der Waals surface area contributed by atoms with Crippen molar-refractivity contribution in [2.24, 2.45) is 0 Å². The number of ether oxygens (including phenoxy) is 3. The Balaban J connectivity index is 0.00000456. The van der Waals surface area contributed by atoms with Gasteiger partial charge in [-0.3, -0.25) is 4.79 Å². The first-order chi connectivity index (χ1) is 16.9. The molecule has 0 saturated carbocycles. The van der Waals surface area contributed by atoms with Gasteiger partial charge >= 0.3 is 5.97 Å². The molecule has 3 aromatic rings. The van der Waals surface area contributed by atoms with Gasteiger partial charge in [-0.1, -0.05) is 36.4 Å². The minimum absolute atomic E-state index is 0. The highest BCUT2D eigenvalue weighted by Gasteiger charge is 2.23. The molecule has 0 heterocycles. The van der Waals surface area contributed by atoms with Gasteiger partial charge in [0.2, 0.25) is 0 Å². The zero-order valence-corrected chi connectivity index (χ0v) is 22.0. The second-order valence-corrected chi connectivity index (χ2v) is 8.58. The smallest absolute Gasteiger partial charge is 0.306 e. The lowest BCUT2D eigenvalue weighted by molar-refractivity contribution is -0.143. The van der Waals surface area contributed by atoms with E-state index in [2.05, 4.69) is 30.4 Å². The van der Waals surface area contributed by atoms with Gasteiger partial charge in [0, 0.05) is 13.0 Å². The fraction of sp³-hybridized carbons (Fsp3) is 0.345. The quantitative estimate of drug-likeness (QED) is 0.225. The number of anilines is 2. The van der Waals surface area contributed by atoms with E-state index in [1.165, 1.54) is 0 Å². The second-order valence-electron chi connectivity index (χ2n) is 8.58. The molecule has 0 unspecified atom stereocenters. The first-order valence-corrected chi connectivity index (χ1v) is 11.9. The highest BCUT2D eigenvalue weighted by atomic mass is 16.5. The Morgan fingerprint density at radius 3 is 2.39 bits per heavy atom. The molecule has 194 valence electrons. The van der Waals surface area contributed by atoms with Gasteiger partial charge in [0.05, 0.1) is 44.7 Å². The van der Waals surface area contributed by atoms with E-state index >= 15 is 0 Å². The van der Waals surface area contributed by atoms with Crippen LogP contribution in [0, 0.1) is 13.8 Å². The lowest BCUT2D eigenvalue weighted by Crippen LogP contribution is -2.14. The maximum Gasteiger partial charge on any atom is 0.306 e. The fourth-order valence-electron chi connectivity index (χ4n) is 4.20. The Hall–Kier alpha value is -3.55. The Labute approximate surface area is 214 Å². The number of hydrogen-bond donors (Lipinski definition) is 3. The van der Waals surface area contributed by atoms with Gasteiger partial charge < -0.3 is 31.4 Å². The van der Waals surface area contributed by atoms with Crippen LogP contribution in [0.15, 0.2) is 54.6 Å². The van der Waals surface area contributed by atoms with Gasteiger partial charge in [0.15, 0.2) is 0 Å². The van der Waals surface area contributed by atoms with E-state index in [1.54, 1.807) is 7.11 Å². The third-order valence-electron chi connectivity index (χ3n) is 6.34. The van der Waals surface area contributed by atoms with Crippen LogP contribution in [0.2, 0.25) is 0 Å². The Kier molecular flexibility index (Phi) is 10.8. The molecule has 3 aromatic carbocycles. The third-order valence-corrected chi connectivity index (χ3v) is 6.34. The van der Waals surface area contributed by atoms with Crippen molar-refractivity contribution in [3.8, 4) is 5.75 Å². The summed E-state index contributed by atoms with van der Waals surface area (Å²) in [5.74, 6) is 0.415. The van der Waals surface area contributed by atoms with Crippen LogP contribution in [0.5, 0.6) is 5.75 Å². The third kappa shape index (κ3) is 6.99. The van der Waals surface area contributed by atoms with Gasteiger partial charge in [-0.25, -0.2) is 0 Å². The summed E-state index contributed by atoms with van der Waals surface area (Å²) in [4.78, 5) is 12.5. The summed E-state index contributed by atoms with van der Waals surface area (Å²) in [6.07, 6.45) is 0.238. The van der Waals surface area contributed by atoms with Crippen molar-refractivity contribution in [1.29, 1.82) is 0 Å². The summed E-state index contributed by atoms with van der Waals surface area (Å²) >= 11 is 0. The normalized spacial score (nSPS) is 11.4. The number of esters is 1. The van der Waals surface area contributed by atoms with Gasteiger partial charge in [0.1, 0.15) is 5.75 Å². The molecule has 36 heavy (non-hydrogen) atoms. The molecule has 6 N–H and O–H groups in total. The first-order valence-electron chi connectivity index (χ1n) is 11.9. The van der Waals surface area contributed by atoms with Crippen molar-refractivity contribution < 1.29 is 19.0 Å². The van der Waals surface area contributed by atoms with Crippen LogP contribution < -0.4 is 21.9 Å². The molecule has 1 atom stereocenters. The predicted molar refractivity (Wildman–Crippen MR) is 146 cm³/mol. The molecule has 0 fully saturated rings.